The van der Waals surface area contributed by atoms with E-state index in [1.54, 1.807) is 25.1 Å². The third kappa shape index (κ3) is 2.81. The molecule has 0 amide bonds. The summed E-state index contributed by atoms with van der Waals surface area (Å²) in [7, 11) is 0. The first-order chi connectivity index (χ1) is 12.0. The van der Waals surface area contributed by atoms with Gasteiger partial charge in [-0.05, 0) is 37.6 Å². The maximum Gasteiger partial charge on any atom is 0.339 e. The Kier molecular flexibility index (Phi) is 3.81. The first-order valence-corrected chi connectivity index (χ1v) is 8.15. The molecule has 128 valence electrons. The minimum Gasteiger partial charge on any atom is -0.489 e. The van der Waals surface area contributed by atoms with Gasteiger partial charge in [-0.2, -0.15) is 0 Å². The molecule has 2 heterocycles. The van der Waals surface area contributed by atoms with Crippen molar-refractivity contribution in [2.45, 2.75) is 20.5 Å². The molecule has 0 atom stereocenters. The van der Waals surface area contributed by atoms with Gasteiger partial charge in [0.15, 0.2) is 11.5 Å². The molecule has 1 aliphatic heterocycles. The van der Waals surface area contributed by atoms with E-state index in [4.69, 9.17) is 30.2 Å². The zero-order valence-electron chi connectivity index (χ0n) is 13.7. The zero-order valence-corrected chi connectivity index (χ0v) is 14.5. The van der Waals surface area contributed by atoms with Crippen LogP contribution in [-0.2, 0) is 6.61 Å². The van der Waals surface area contributed by atoms with Crippen molar-refractivity contribution >= 4 is 22.6 Å². The topological polar surface area (TPSA) is 57.9 Å². The van der Waals surface area contributed by atoms with E-state index in [1.165, 1.54) is 0 Å². The Bertz CT molecular complexity index is 1040. The first kappa shape index (κ1) is 15.8. The summed E-state index contributed by atoms with van der Waals surface area (Å²) in [6.45, 7) is 4.11. The van der Waals surface area contributed by atoms with E-state index < -0.39 is 0 Å². The largest absolute Gasteiger partial charge is 0.489 e. The van der Waals surface area contributed by atoms with E-state index in [0.29, 0.717) is 33.4 Å². The number of hydrogen-bond acceptors (Lipinski definition) is 5. The van der Waals surface area contributed by atoms with Crippen LogP contribution >= 0.6 is 11.6 Å². The Labute approximate surface area is 148 Å². The van der Waals surface area contributed by atoms with E-state index in [9.17, 15) is 4.79 Å². The highest BCUT2D eigenvalue weighted by molar-refractivity contribution is 6.31. The highest BCUT2D eigenvalue weighted by Gasteiger charge is 2.17. The second kappa shape index (κ2) is 6.01. The Balaban J connectivity index is 1.61. The van der Waals surface area contributed by atoms with Crippen LogP contribution in [0, 0.1) is 13.8 Å². The maximum absolute atomic E-state index is 11.8. The lowest BCUT2D eigenvalue weighted by atomic mass is 10.1. The lowest BCUT2D eigenvalue weighted by molar-refractivity contribution is 0.174. The molecule has 0 N–H and O–H groups in total. The van der Waals surface area contributed by atoms with Gasteiger partial charge in [0.05, 0.1) is 5.02 Å². The van der Waals surface area contributed by atoms with Crippen molar-refractivity contribution in [2.75, 3.05) is 6.79 Å². The SMILES string of the molecule is Cc1c(C)c2ccc(OCc3cc4c(cc3Cl)OCO4)cc2oc1=O. The molecular weight excluding hydrogens is 344 g/mol. The number of fused-ring (bicyclic) bond motifs is 2. The number of ether oxygens (including phenoxy) is 3. The fourth-order valence-corrected chi connectivity index (χ4v) is 2.96. The van der Waals surface area contributed by atoms with Crippen molar-refractivity contribution in [2.24, 2.45) is 0 Å². The van der Waals surface area contributed by atoms with Gasteiger partial charge in [0.25, 0.3) is 0 Å². The molecule has 5 nitrogen and oxygen atoms in total. The smallest absolute Gasteiger partial charge is 0.339 e. The van der Waals surface area contributed by atoms with Gasteiger partial charge < -0.3 is 18.6 Å². The number of benzene rings is 2. The van der Waals surface area contributed by atoms with Crippen molar-refractivity contribution in [3.63, 3.8) is 0 Å². The number of rotatable bonds is 3. The Morgan fingerprint density at radius 2 is 1.84 bits per heavy atom. The summed E-state index contributed by atoms with van der Waals surface area (Å²) < 4.78 is 21.8. The van der Waals surface area contributed by atoms with Crippen LogP contribution in [0.15, 0.2) is 39.5 Å². The van der Waals surface area contributed by atoms with Gasteiger partial charge in [0, 0.05) is 28.6 Å². The van der Waals surface area contributed by atoms with Gasteiger partial charge in [-0.25, -0.2) is 4.79 Å². The monoisotopic (exact) mass is 358 g/mol. The highest BCUT2D eigenvalue weighted by Crippen LogP contribution is 2.37. The third-order valence-electron chi connectivity index (χ3n) is 4.36. The molecule has 25 heavy (non-hydrogen) atoms. The molecule has 0 spiro atoms. The van der Waals surface area contributed by atoms with Crippen LogP contribution in [0.4, 0.5) is 0 Å². The molecule has 0 fully saturated rings. The quantitative estimate of drug-likeness (QED) is 0.651. The fourth-order valence-electron chi connectivity index (χ4n) is 2.75. The van der Waals surface area contributed by atoms with Gasteiger partial charge in [0.1, 0.15) is 17.9 Å². The number of halogens is 1. The van der Waals surface area contributed by atoms with Crippen LogP contribution in [0.3, 0.4) is 0 Å². The average molecular weight is 359 g/mol. The molecule has 0 radical (unpaired) electrons. The predicted molar refractivity (Wildman–Crippen MR) is 93.9 cm³/mol. The Hall–Kier alpha value is -2.66. The van der Waals surface area contributed by atoms with Crippen LogP contribution < -0.4 is 19.8 Å². The van der Waals surface area contributed by atoms with Crippen molar-refractivity contribution < 1.29 is 18.6 Å². The highest BCUT2D eigenvalue weighted by atomic mass is 35.5. The molecular formula is C19H15ClO5. The van der Waals surface area contributed by atoms with Gasteiger partial charge in [0.2, 0.25) is 6.79 Å². The molecule has 0 aliphatic carbocycles. The summed E-state index contributed by atoms with van der Waals surface area (Å²) in [6.07, 6.45) is 0. The van der Waals surface area contributed by atoms with Crippen molar-refractivity contribution in [3.05, 3.63) is 62.5 Å². The third-order valence-corrected chi connectivity index (χ3v) is 4.72. The maximum atomic E-state index is 11.8. The average Bonchev–Trinajstić information content (AvgIpc) is 3.04. The molecule has 0 bridgehead atoms. The first-order valence-electron chi connectivity index (χ1n) is 7.78. The Morgan fingerprint density at radius 3 is 2.64 bits per heavy atom. The van der Waals surface area contributed by atoms with Crippen LogP contribution in [-0.4, -0.2) is 6.79 Å². The molecule has 2 aromatic carbocycles. The lowest BCUT2D eigenvalue weighted by Gasteiger charge is -2.10. The normalized spacial score (nSPS) is 12.6. The van der Waals surface area contributed by atoms with Crippen molar-refractivity contribution in [3.8, 4) is 17.2 Å². The summed E-state index contributed by atoms with van der Waals surface area (Å²) in [6, 6.07) is 8.96. The van der Waals surface area contributed by atoms with E-state index in [2.05, 4.69) is 0 Å². The molecule has 3 aromatic rings. The van der Waals surface area contributed by atoms with Gasteiger partial charge >= 0.3 is 5.63 Å². The summed E-state index contributed by atoms with van der Waals surface area (Å²) in [5.74, 6) is 1.87. The summed E-state index contributed by atoms with van der Waals surface area (Å²) in [5, 5.41) is 1.44. The zero-order chi connectivity index (χ0) is 17.6. The van der Waals surface area contributed by atoms with Crippen LogP contribution in [0.2, 0.25) is 5.02 Å². The van der Waals surface area contributed by atoms with E-state index in [1.807, 2.05) is 19.1 Å². The molecule has 4 rings (SSSR count). The van der Waals surface area contributed by atoms with E-state index >= 15 is 0 Å². The molecule has 1 aromatic heterocycles. The van der Waals surface area contributed by atoms with Crippen molar-refractivity contribution in [1.29, 1.82) is 0 Å². The van der Waals surface area contributed by atoms with E-state index in [-0.39, 0.29) is 19.0 Å². The minimum atomic E-state index is -0.332. The van der Waals surface area contributed by atoms with Crippen molar-refractivity contribution in [1.82, 2.24) is 0 Å². The van der Waals surface area contributed by atoms with Gasteiger partial charge in [-0.1, -0.05) is 11.6 Å². The summed E-state index contributed by atoms with van der Waals surface area (Å²) in [5.41, 5.74) is 2.49. The van der Waals surface area contributed by atoms with Crippen LogP contribution in [0.5, 0.6) is 17.2 Å². The number of aryl methyl sites for hydroxylation is 1. The molecule has 0 saturated carbocycles. The summed E-state index contributed by atoms with van der Waals surface area (Å²) >= 11 is 6.25. The van der Waals surface area contributed by atoms with Gasteiger partial charge in [-0.3, -0.25) is 0 Å². The second-order valence-corrected chi connectivity index (χ2v) is 6.29. The standard InChI is InChI=1S/C19H15ClO5/c1-10-11(2)19(21)25-16-6-13(3-4-14(10)16)22-8-12-5-17-18(7-15(12)20)24-9-23-17/h3-7H,8-9H2,1-2H3. The van der Waals surface area contributed by atoms with Crippen LogP contribution in [0.1, 0.15) is 16.7 Å². The second-order valence-electron chi connectivity index (χ2n) is 5.88. The molecule has 6 heteroatoms. The lowest BCUT2D eigenvalue weighted by Crippen LogP contribution is -2.05. The Morgan fingerprint density at radius 1 is 1.08 bits per heavy atom. The predicted octanol–water partition coefficient (Wildman–Crippen LogP) is 4.37. The molecule has 0 saturated heterocycles. The summed E-state index contributed by atoms with van der Waals surface area (Å²) in [4.78, 5) is 11.8. The van der Waals surface area contributed by atoms with Crippen LogP contribution in [0.25, 0.3) is 11.0 Å². The molecule has 1 aliphatic rings. The minimum absolute atomic E-state index is 0.193. The van der Waals surface area contributed by atoms with E-state index in [0.717, 1.165) is 16.5 Å². The number of hydrogen-bond donors (Lipinski definition) is 0. The fraction of sp³-hybridized carbons (Fsp3) is 0.211. The molecule has 0 unspecified atom stereocenters. The van der Waals surface area contributed by atoms with Gasteiger partial charge in [-0.15, -0.1) is 0 Å².